The molecule has 0 fully saturated rings. The highest BCUT2D eigenvalue weighted by Gasteiger charge is 2.24. The lowest BCUT2D eigenvalue weighted by Gasteiger charge is -2.25. The number of halogens is 2. The Balaban J connectivity index is 1.81. The van der Waals surface area contributed by atoms with Gasteiger partial charge < -0.3 is 19.9 Å². The van der Waals surface area contributed by atoms with Crippen molar-refractivity contribution in [3.63, 3.8) is 0 Å². The van der Waals surface area contributed by atoms with Crippen molar-refractivity contribution in [2.45, 2.75) is 32.3 Å². The lowest BCUT2D eigenvalue weighted by molar-refractivity contribution is 0.0457. The van der Waals surface area contributed by atoms with E-state index in [0.29, 0.717) is 22.7 Å². The zero-order valence-electron chi connectivity index (χ0n) is 15.3. The van der Waals surface area contributed by atoms with Crippen LogP contribution in [0.1, 0.15) is 36.7 Å². The predicted molar refractivity (Wildman–Crippen MR) is 102 cm³/mol. The topological polar surface area (TPSA) is 67.8 Å². The van der Waals surface area contributed by atoms with Gasteiger partial charge in [0.15, 0.2) is 17.6 Å². The minimum Gasteiger partial charge on any atom is -0.486 e. The van der Waals surface area contributed by atoms with Gasteiger partial charge >= 0.3 is 0 Å². The Morgan fingerprint density at radius 3 is 2.70 bits per heavy atom. The van der Waals surface area contributed by atoms with Gasteiger partial charge in [0.25, 0.3) is 5.91 Å². The highest BCUT2D eigenvalue weighted by molar-refractivity contribution is 6.34. The third-order valence-corrected chi connectivity index (χ3v) is 4.55. The standard InChI is InChI=1S/C20H21ClFNO4/c1-20(2,3)14-8-15(21)13(7-16(14)22)19(25)23-11-4-5-17-18(6-11)26-10-12(9-24)27-17/h4-8,12,24H,9-10H2,1-3H3,(H,23,25). The zero-order chi connectivity index (χ0) is 19.8. The van der Waals surface area contributed by atoms with E-state index in [1.807, 2.05) is 20.8 Å². The van der Waals surface area contributed by atoms with Gasteiger partial charge in [-0.25, -0.2) is 4.39 Å². The highest BCUT2D eigenvalue weighted by atomic mass is 35.5. The van der Waals surface area contributed by atoms with Gasteiger partial charge in [-0.05, 0) is 35.2 Å². The van der Waals surface area contributed by atoms with Crippen LogP contribution < -0.4 is 14.8 Å². The van der Waals surface area contributed by atoms with Crippen molar-refractivity contribution in [1.82, 2.24) is 0 Å². The molecule has 0 aliphatic carbocycles. The molecule has 2 aromatic rings. The van der Waals surface area contributed by atoms with Crippen LogP contribution in [0.5, 0.6) is 11.5 Å². The van der Waals surface area contributed by atoms with Crippen molar-refractivity contribution in [3.8, 4) is 11.5 Å². The Bertz CT molecular complexity index is 879. The molecule has 1 atom stereocenters. The highest BCUT2D eigenvalue weighted by Crippen LogP contribution is 2.35. The number of aliphatic hydroxyl groups is 1. The molecule has 2 aromatic carbocycles. The van der Waals surface area contributed by atoms with Crippen LogP contribution >= 0.6 is 11.6 Å². The molecule has 144 valence electrons. The minimum atomic E-state index is -0.524. The minimum absolute atomic E-state index is 0.0531. The van der Waals surface area contributed by atoms with Crippen LogP contribution in [-0.2, 0) is 5.41 Å². The average Bonchev–Trinajstić information content (AvgIpc) is 2.61. The quantitative estimate of drug-likeness (QED) is 0.821. The smallest absolute Gasteiger partial charge is 0.257 e. The number of rotatable bonds is 3. The molecule has 0 radical (unpaired) electrons. The number of fused-ring (bicyclic) bond motifs is 1. The van der Waals surface area contributed by atoms with Gasteiger partial charge in [-0.2, -0.15) is 0 Å². The Hall–Kier alpha value is -2.31. The average molecular weight is 394 g/mol. The molecule has 1 aliphatic rings. The van der Waals surface area contributed by atoms with Crippen LogP contribution in [-0.4, -0.2) is 30.3 Å². The third kappa shape index (κ3) is 4.17. The number of amides is 1. The van der Waals surface area contributed by atoms with Crippen LogP contribution in [0, 0.1) is 5.82 Å². The van der Waals surface area contributed by atoms with Crippen LogP contribution in [0.15, 0.2) is 30.3 Å². The maximum atomic E-state index is 14.4. The molecule has 1 heterocycles. The first kappa shape index (κ1) is 19.5. The molecule has 2 N–H and O–H groups in total. The van der Waals surface area contributed by atoms with Gasteiger partial charge in [0, 0.05) is 11.8 Å². The largest absolute Gasteiger partial charge is 0.486 e. The van der Waals surface area contributed by atoms with Gasteiger partial charge in [0.2, 0.25) is 0 Å². The summed E-state index contributed by atoms with van der Waals surface area (Å²) >= 11 is 6.22. The summed E-state index contributed by atoms with van der Waals surface area (Å²) in [6.45, 7) is 5.69. The molecular weight excluding hydrogens is 373 g/mol. The van der Waals surface area contributed by atoms with Gasteiger partial charge in [-0.1, -0.05) is 32.4 Å². The Morgan fingerprint density at radius 2 is 2.04 bits per heavy atom. The fourth-order valence-corrected chi connectivity index (χ4v) is 3.03. The monoisotopic (exact) mass is 393 g/mol. The zero-order valence-corrected chi connectivity index (χ0v) is 16.1. The molecule has 0 bridgehead atoms. The lowest BCUT2D eigenvalue weighted by Crippen LogP contribution is -2.32. The molecule has 1 aliphatic heterocycles. The molecule has 0 saturated heterocycles. The van der Waals surface area contributed by atoms with E-state index >= 15 is 0 Å². The number of nitrogens with one attached hydrogen (secondary N) is 1. The molecule has 7 heteroatoms. The number of carbonyl (C=O) groups excluding carboxylic acids is 1. The Labute approximate surface area is 162 Å². The molecule has 1 amide bonds. The summed E-state index contributed by atoms with van der Waals surface area (Å²) in [5.74, 6) is -0.0618. The number of benzene rings is 2. The van der Waals surface area contributed by atoms with E-state index in [2.05, 4.69) is 5.32 Å². The van der Waals surface area contributed by atoms with Crippen LogP contribution in [0.25, 0.3) is 0 Å². The second-order valence-electron chi connectivity index (χ2n) is 7.41. The summed E-state index contributed by atoms with van der Waals surface area (Å²) in [4.78, 5) is 12.5. The van der Waals surface area contributed by atoms with Crippen LogP contribution in [0.4, 0.5) is 10.1 Å². The molecule has 5 nitrogen and oxygen atoms in total. The van der Waals surface area contributed by atoms with E-state index in [0.717, 1.165) is 6.07 Å². The maximum absolute atomic E-state index is 14.4. The van der Waals surface area contributed by atoms with E-state index in [1.54, 1.807) is 18.2 Å². The van der Waals surface area contributed by atoms with Crippen molar-refractivity contribution in [2.24, 2.45) is 0 Å². The van der Waals surface area contributed by atoms with Gasteiger partial charge in [-0.3, -0.25) is 4.79 Å². The first-order chi connectivity index (χ1) is 12.7. The number of hydrogen-bond donors (Lipinski definition) is 2. The molecule has 0 spiro atoms. The third-order valence-electron chi connectivity index (χ3n) is 4.23. The summed E-state index contributed by atoms with van der Waals surface area (Å²) in [5, 5.41) is 12.0. The summed E-state index contributed by atoms with van der Waals surface area (Å²) in [5.41, 5.74) is 0.533. The maximum Gasteiger partial charge on any atom is 0.257 e. The molecule has 27 heavy (non-hydrogen) atoms. The van der Waals surface area contributed by atoms with Crippen molar-refractivity contribution in [1.29, 1.82) is 0 Å². The number of carbonyl (C=O) groups is 1. The molecule has 0 aromatic heterocycles. The van der Waals surface area contributed by atoms with Crippen LogP contribution in [0.2, 0.25) is 5.02 Å². The van der Waals surface area contributed by atoms with Gasteiger partial charge in [-0.15, -0.1) is 0 Å². The summed E-state index contributed by atoms with van der Waals surface area (Å²) in [6, 6.07) is 7.52. The van der Waals surface area contributed by atoms with Gasteiger partial charge in [0.05, 0.1) is 17.2 Å². The summed E-state index contributed by atoms with van der Waals surface area (Å²) < 4.78 is 25.5. The van der Waals surface area contributed by atoms with Crippen molar-refractivity contribution < 1.29 is 23.8 Å². The number of ether oxygens (including phenoxy) is 2. The van der Waals surface area contributed by atoms with E-state index in [1.165, 1.54) is 6.07 Å². The van der Waals surface area contributed by atoms with Crippen LogP contribution in [0.3, 0.4) is 0 Å². The van der Waals surface area contributed by atoms with E-state index in [-0.39, 0.29) is 23.8 Å². The first-order valence-corrected chi connectivity index (χ1v) is 8.92. The molecule has 0 saturated carbocycles. The van der Waals surface area contributed by atoms with Crippen molar-refractivity contribution in [3.05, 3.63) is 52.3 Å². The molecule has 3 rings (SSSR count). The lowest BCUT2D eigenvalue weighted by atomic mass is 9.86. The SMILES string of the molecule is CC(C)(C)c1cc(Cl)c(C(=O)Nc2ccc3c(c2)OCC(CO)O3)cc1F. The normalized spacial score (nSPS) is 16.1. The fourth-order valence-electron chi connectivity index (χ4n) is 2.78. The van der Waals surface area contributed by atoms with Crippen molar-refractivity contribution in [2.75, 3.05) is 18.5 Å². The molecular formula is C20H21ClFNO4. The number of anilines is 1. The second-order valence-corrected chi connectivity index (χ2v) is 7.82. The van der Waals surface area contributed by atoms with E-state index in [9.17, 15) is 9.18 Å². The van der Waals surface area contributed by atoms with Gasteiger partial charge in [0.1, 0.15) is 12.4 Å². The van der Waals surface area contributed by atoms with E-state index < -0.39 is 23.2 Å². The summed E-state index contributed by atoms with van der Waals surface area (Å²) in [7, 11) is 0. The van der Waals surface area contributed by atoms with E-state index in [4.69, 9.17) is 26.2 Å². The predicted octanol–water partition coefficient (Wildman–Crippen LogP) is 4.16. The number of aliphatic hydroxyl groups excluding tert-OH is 1. The molecule has 1 unspecified atom stereocenters. The second kappa shape index (κ2) is 7.37. The summed E-state index contributed by atoms with van der Waals surface area (Å²) in [6.07, 6.45) is -0.416. The van der Waals surface area contributed by atoms with Crippen molar-refractivity contribution >= 4 is 23.2 Å². The Kier molecular flexibility index (Phi) is 5.31. The Morgan fingerprint density at radius 1 is 1.30 bits per heavy atom. The first-order valence-electron chi connectivity index (χ1n) is 8.54. The fraction of sp³-hybridized carbons (Fsp3) is 0.350. The number of hydrogen-bond acceptors (Lipinski definition) is 4.